The summed E-state index contributed by atoms with van der Waals surface area (Å²) < 4.78 is 5.67. The third kappa shape index (κ3) is 3.51. The lowest BCUT2D eigenvalue weighted by Gasteiger charge is -2.18. The summed E-state index contributed by atoms with van der Waals surface area (Å²) in [6.45, 7) is 0. The number of ether oxygens (including phenoxy) is 1. The average Bonchev–Trinajstić information content (AvgIpc) is 3.04. The van der Waals surface area contributed by atoms with Crippen LogP contribution in [0.25, 0.3) is 5.70 Å². The number of carbonyl (C=O) groups excluding carboxylic acids is 2. The third-order valence-electron chi connectivity index (χ3n) is 5.99. The Hall–Kier alpha value is -4.09. The van der Waals surface area contributed by atoms with E-state index in [1.807, 2.05) is 66.7 Å². The van der Waals surface area contributed by atoms with Crippen molar-refractivity contribution in [1.29, 1.82) is 0 Å². The van der Waals surface area contributed by atoms with Gasteiger partial charge in [-0.05, 0) is 42.0 Å². The van der Waals surface area contributed by atoms with Crippen LogP contribution in [-0.2, 0) is 0 Å². The molecule has 0 radical (unpaired) electrons. The summed E-state index contributed by atoms with van der Waals surface area (Å²) in [5, 5.41) is 3.27. The highest BCUT2D eigenvalue weighted by atomic mass is 32.2. The predicted octanol–water partition coefficient (Wildman–Crippen LogP) is 6.77. The van der Waals surface area contributed by atoms with Crippen molar-refractivity contribution in [2.24, 2.45) is 0 Å². The number of carbonyl (C=O) groups is 2. The minimum Gasteiger partial charge on any atom is -0.423 e. The van der Waals surface area contributed by atoms with Gasteiger partial charge in [-0.2, -0.15) is 0 Å². The number of hydrogen-bond donors (Lipinski definition) is 1. The summed E-state index contributed by atoms with van der Waals surface area (Å²) in [6, 6.07) is 32.1. The lowest BCUT2D eigenvalue weighted by molar-refractivity contribution is 0.0734. The third-order valence-corrected chi connectivity index (χ3v) is 7.34. The number of Topliss-reactive ketones (excluding diaryl/α,β-unsaturated/α-hetero) is 1. The molecule has 164 valence electrons. The molecule has 34 heavy (non-hydrogen) atoms. The van der Waals surface area contributed by atoms with Crippen LogP contribution in [0.15, 0.2) is 114 Å². The number of thioether (sulfide) groups is 1. The second-order valence-electron chi connectivity index (χ2n) is 8.11. The SMILES string of the molecule is O=C(Oc1cccc(C2Sc3ccccc3NC3=C2C(=O)c2ccccc23)c1)c1ccccc1. The van der Waals surface area contributed by atoms with Crippen LogP contribution < -0.4 is 10.1 Å². The fraction of sp³-hybridized carbons (Fsp3) is 0.0345. The van der Waals surface area contributed by atoms with E-state index in [0.29, 0.717) is 22.4 Å². The van der Waals surface area contributed by atoms with Crippen LogP contribution in [0.2, 0.25) is 0 Å². The summed E-state index contributed by atoms with van der Waals surface area (Å²) in [5.41, 5.74) is 5.53. The maximum atomic E-state index is 13.6. The van der Waals surface area contributed by atoms with Gasteiger partial charge in [0.15, 0.2) is 5.78 Å². The smallest absolute Gasteiger partial charge is 0.343 e. The zero-order chi connectivity index (χ0) is 23.1. The highest BCUT2D eigenvalue weighted by Gasteiger charge is 2.38. The summed E-state index contributed by atoms with van der Waals surface area (Å²) >= 11 is 1.62. The minimum absolute atomic E-state index is 0.0232. The van der Waals surface area contributed by atoms with E-state index in [2.05, 4.69) is 11.4 Å². The summed E-state index contributed by atoms with van der Waals surface area (Å²) in [5.74, 6) is 0.0557. The zero-order valence-electron chi connectivity index (χ0n) is 18.0. The maximum Gasteiger partial charge on any atom is 0.343 e. The highest BCUT2D eigenvalue weighted by molar-refractivity contribution is 8.00. The minimum atomic E-state index is -0.414. The topological polar surface area (TPSA) is 55.4 Å². The average molecular weight is 462 g/mol. The fourth-order valence-corrected chi connectivity index (χ4v) is 5.68. The Morgan fingerprint density at radius 3 is 2.38 bits per heavy atom. The van der Waals surface area contributed by atoms with Crippen molar-refractivity contribution < 1.29 is 14.3 Å². The number of rotatable bonds is 3. The van der Waals surface area contributed by atoms with E-state index in [1.54, 1.807) is 42.1 Å². The van der Waals surface area contributed by atoms with Gasteiger partial charge in [0.2, 0.25) is 0 Å². The van der Waals surface area contributed by atoms with Crippen LogP contribution in [0.3, 0.4) is 0 Å². The van der Waals surface area contributed by atoms with Crippen molar-refractivity contribution in [2.45, 2.75) is 10.1 Å². The molecule has 4 aromatic rings. The molecule has 5 heteroatoms. The molecule has 1 heterocycles. The second-order valence-corrected chi connectivity index (χ2v) is 9.26. The molecule has 1 aliphatic heterocycles. The van der Waals surface area contributed by atoms with Gasteiger partial charge in [-0.1, -0.05) is 66.7 Å². The molecule has 1 atom stereocenters. The Labute approximate surface area is 201 Å². The number of nitrogens with one attached hydrogen (secondary N) is 1. The number of fused-ring (bicyclic) bond motifs is 3. The molecule has 4 aromatic carbocycles. The predicted molar refractivity (Wildman–Crippen MR) is 134 cm³/mol. The van der Waals surface area contributed by atoms with Crippen LogP contribution in [0.1, 0.15) is 37.1 Å². The van der Waals surface area contributed by atoms with Crippen molar-refractivity contribution in [3.8, 4) is 5.75 Å². The Balaban J connectivity index is 1.43. The van der Waals surface area contributed by atoms with Crippen molar-refractivity contribution in [2.75, 3.05) is 5.32 Å². The monoisotopic (exact) mass is 461 g/mol. The van der Waals surface area contributed by atoms with Gasteiger partial charge < -0.3 is 10.1 Å². The zero-order valence-corrected chi connectivity index (χ0v) is 18.8. The maximum absolute atomic E-state index is 13.6. The van der Waals surface area contributed by atoms with Gasteiger partial charge >= 0.3 is 5.97 Å². The van der Waals surface area contributed by atoms with Gasteiger partial charge in [0, 0.05) is 21.6 Å². The molecule has 1 aliphatic carbocycles. The number of ketones is 1. The molecule has 0 amide bonds. The van der Waals surface area contributed by atoms with E-state index < -0.39 is 5.97 Å². The van der Waals surface area contributed by atoms with Gasteiger partial charge in [-0.3, -0.25) is 4.79 Å². The molecule has 2 aliphatic rings. The van der Waals surface area contributed by atoms with Gasteiger partial charge in [0.05, 0.1) is 22.2 Å². The molecular formula is C29H19NO3S. The van der Waals surface area contributed by atoms with Gasteiger partial charge in [0.1, 0.15) is 5.75 Å². The molecule has 6 rings (SSSR count). The fourth-order valence-electron chi connectivity index (χ4n) is 4.40. The van der Waals surface area contributed by atoms with E-state index in [0.717, 1.165) is 27.4 Å². The second kappa shape index (κ2) is 8.36. The Kier molecular flexibility index (Phi) is 5.04. The largest absolute Gasteiger partial charge is 0.423 e. The first kappa shape index (κ1) is 20.5. The molecular weight excluding hydrogens is 442 g/mol. The number of hydrogen-bond acceptors (Lipinski definition) is 5. The van der Waals surface area contributed by atoms with Gasteiger partial charge in [-0.15, -0.1) is 11.8 Å². The molecule has 0 bridgehead atoms. The first-order valence-electron chi connectivity index (χ1n) is 11.0. The Bertz CT molecular complexity index is 1480. The highest BCUT2D eigenvalue weighted by Crippen LogP contribution is 2.52. The number of esters is 1. The van der Waals surface area contributed by atoms with Gasteiger partial charge in [0.25, 0.3) is 0 Å². The van der Waals surface area contributed by atoms with E-state index in [4.69, 9.17) is 4.74 Å². The summed E-state index contributed by atoms with van der Waals surface area (Å²) in [6.07, 6.45) is 0. The van der Waals surface area contributed by atoms with Crippen LogP contribution >= 0.6 is 11.8 Å². The van der Waals surface area contributed by atoms with Crippen LogP contribution in [0.4, 0.5) is 5.69 Å². The van der Waals surface area contributed by atoms with Crippen molar-refractivity contribution in [1.82, 2.24) is 0 Å². The molecule has 1 unspecified atom stereocenters. The molecule has 0 fully saturated rings. The molecule has 0 saturated carbocycles. The van der Waals surface area contributed by atoms with Gasteiger partial charge in [-0.25, -0.2) is 4.79 Å². The Morgan fingerprint density at radius 2 is 1.53 bits per heavy atom. The van der Waals surface area contributed by atoms with Crippen LogP contribution in [-0.4, -0.2) is 11.8 Å². The summed E-state index contributed by atoms with van der Waals surface area (Å²) in [4.78, 5) is 27.2. The molecule has 4 nitrogen and oxygen atoms in total. The lowest BCUT2D eigenvalue weighted by Crippen LogP contribution is -2.10. The molecule has 0 spiro atoms. The van der Waals surface area contributed by atoms with E-state index >= 15 is 0 Å². The number of anilines is 1. The van der Waals surface area contributed by atoms with E-state index in [1.165, 1.54) is 0 Å². The number of para-hydroxylation sites is 1. The number of benzene rings is 4. The molecule has 0 saturated heterocycles. The first-order chi connectivity index (χ1) is 16.7. The summed E-state index contributed by atoms with van der Waals surface area (Å²) in [7, 11) is 0. The van der Waals surface area contributed by atoms with Crippen molar-refractivity contribution in [3.63, 3.8) is 0 Å². The van der Waals surface area contributed by atoms with E-state index in [-0.39, 0.29) is 11.0 Å². The Morgan fingerprint density at radius 1 is 0.794 bits per heavy atom. The lowest BCUT2D eigenvalue weighted by atomic mass is 10.0. The standard InChI is InChI=1S/C29H19NO3S/c31-27-22-14-5-4-13-21(22)26-25(27)28(34-24-16-7-6-15-23(24)30-26)19-11-8-12-20(17-19)33-29(32)18-9-2-1-3-10-18/h1-17,28,30H. The normalized spacial score (nSPS) is 16.1. The van der Waals surface area contributed by atoms with Crippen LogP contribution in [0.5, 0.6) is 5.75 Å². The quantitative estimate of drug-likeness (QED) is 0.269. The molecule has 1 N–H and O–H groups in total. The van der Waals surface area contributed by atoms with Crippen LogP contribution in [0, 0.1) is 0 Å². The molecule has 0 aromatic heterocycles. The van der Waals surface area contributed by atoms with Crippen molar-refractivity contribution >= 4 is 34.9 Å². The van der Waals surface area contributed by atoms with E-state index in [9.17, 15) is 9.59 Å². The first-order valence-corrected chi connectivity index (χ1v) is 11.9. The van der Waals surface area contributed by atoms with Crippen molar-refractivity contribution in [3.05, 3.63) is 131 Å².